The minimum Gasteiger partial charge on any atom is -0.353 e. The van der Waals surface area contributed by atoms with Gasteiger partial charge >= 0.3 is 6.18 Å². The van der Waals surface area contributed by atoms with Gasteiger partial charge in [-0.25, -0.2) is 18.7 Å². The van der Waals surface area contributed by atoms with Crippen molar-refractivity contribution < 1.29 is 22.0 Å². The summed E-state index contributed by atoms with van der Waals surface area (Å²) in [5.74, 6) is 0.182. The molecule has 2 aromatic heterocycles. The first-order chi connectivity index (χ1) is 15.8. The summed E-state index contributed by atoms with van der Waals surface area (Å²) in [5.41, 5.74) is 3.52. The lowest BCUT2D eigenvalue weighted by atomic mass is 10.0. The van der Waals surface area contributed by atoms with E-state index >= 15 is 0 Å². The zero-order valence-electron chi connectivity index (χ0n) is 20.0. The molecule has 0 radical (unpaired) electrons. The van der Waals surface area contributed by atoms with Gasteiger partial charge in [-0.05, 0) is 52.7 Å². The molecule has 0 saturated heterocycles. The fourth-order valence-corrected chi connectivity index (χ4v) is 3.03. The Bertz CT molecular complexity index is 1040. The van der Waals surface area contributed by atoms with Crippen LogP contribution in [-0.4, -0.2) is 39.8 Å². The molecule has 1 fully saturated rings. The van der Waals surface area contributed by atoms with E-state index in [1.54, 1.807) is 13.1 Å². The van der Waals surface area contributed by atoms with E-state index in [9.17, 15) is 22.0 Å². The Morgan fingerprint density at radius 1 is 1.15 bits per heavy atom. The number of nitrogens with one attached hydrogen (secondary N) is 1. The summed E-state index contributed by atoms with van der Waals surface area (Å²) in [5, 5.41) is 2.73. The normalized spacial score (nSPS) is 14.2. The molecule has 0 bridgehead atoms. The number of hydrogen-bond donors (Lipinski definition) is 1. The topological polar surface area (TPSA) is 63.1 Å². The molecule has 34 heavy (non-hydrogen) atoms. The highest BCUT2D eigenvalue weighted by Crippen LogP contribution is 2.57. The molecule has 10 heteroatoms. The molecule has 3 rings (SSSR count). The molecule has 0 atom stereocenters. The molecule has 0 spiro atoms. The van der Waals surface area contributed by atoms with Crippen LogP contribution < -0.4 is 5.32 Å². The van der Waals surface area contributed by atoms with Gasteiger partial charge in [-0.2, -0.15) is 13.2 Å². The molecular weight excluding hydrogens is 453 g/mol. The first-order valence-corrected chi connectivity index (χ1v) is 10.9. The van der Waals surface area contributed by atoms with Crippen molar-refractivity contribution >= 4 is 22.9 Å². The van der Waals surface area contributed by atoms with Crippen LogP contribution >= 0.6 is 0 Å². The number of hydrogen-bond acceptors (Lipinski definition) is 5. The van der Waals surface area contributed by atoms with Crippen LogP contribution in [0.1, 0.15) is 62.7 Å². The molecular formula is C24H30F5N5. The highest BCUT2D eigenvalue weighted by Gasteiger charge is 2.62. The average molecular weight is 484 g/mol. The maximum absolute atomic E-state index is 13.1. The van der Waals surface area contributed by atoms with E-state index in [1.807, 2.05) is 32.9 Å². The molecule has 5 nitrogen and oxygen atoms in total. The number of nitrogens with zero attached hydrogens (tertiary/aromatic N) is 4. The standard InChI is InChI=1S/C21H24F3N5.C3H6F2/c1-12(2)27-18-7-6-17(28-15(18)5)13(3)16-10-25-19(29-14(16)4)26-11-20(8-9-20)21(22,23)24;1-2-3(4)5/h6-7,10H,3,8-9,11H2,1-2,4-5H3,(H,25,26,29);3H,2H2,1H3. The summed E-state index contributed by atoms with van der Waals surface area (Å²) in [6.07, 6.45) is -4.51. The number of alkyl halides is 5. The number of aliphatic imine (C=N–C) groups is 1. The van der Waals surface area contributed by atoms with Crippen LogP contribution in [0.5, 0.6) is 0 Å². The number of rotatable bonds is 7. The van der Waals surface area contributed by atoms with Gasteiger partial charge in [-0.3, -0.25) is 9.98 Å². The van der Waals surface area contributed by atoms with Crippen LogP contribution in [-0.2, 0) is 0 Å². The average Bonchev–Trinajstić information content (AvgIpc) is 3.55. The van der Waals surface area contributed by atoms with Gasteiger partial charge in [0, 0.05) is 36.0 Å². The van der Waals surface area contributed by atoms with Crippen molar-refractivity contribution in [3.63, 3.8) is 0 Å². The van der Waals surface area contributed by atoms with Crippen LogP contribution in [0.4, 0.5) is 33.6 Å². The third kappa shape index (κ3) is 7.04. The number of aryl methyl sites for hydroxylation is 2. The predicted octanol–water partition coefficient (Wildman–Crippen LogP) is 7.08. The van der Waals surface area contributed by atoms with Crippen LogP contribution in [0.15, 0.2) is 29.9 Å². The number of halogens is 5. The fraction of sp³-hybridized carbons (Fsp3) is 0.500. The van der Waals surface area contributed by atoms with Gasteiger partial charge in [0.15, 0.2) is 0 Å². The Hall–Kier alpha value is -2.91. The molecule has 1 aliphatic rings. The number of aromatic nitrogens is 3. The van der Waals surface area contributed by atoms with Gasteiger partial charge in [-0.15, -0.1) is 0 Å². The van der Waals surface area contributed by atoms with Gasteiger partial charge < -0.3 is 5.32 Å². The second kappa shape index (κ2) is 11.0. The van der Waals surface area contributed by atoms with E-state index in [-0.39, 0.29) is 31.8 Å². The van der Waals surface area contributed by atoms with Crippen LogP contribution in [0.3, 0.4) is 0 Å². The van der Waals surface area contributed by atoms with E-state index in [0.717, 1.165) is 17.1 Å². The molecule has 186 valence electrons. The van der Waals surface area contributed by atoms with Crippen LogP contribution in [0.25, 0.3) is 5.57 Å². The lowest BCUT2D eigenvalue weighted by molar-refractivity contribution is -0.182. The van der Waals surface area contributed by atoms with Crippen molar-refractivity contribution in [2.24, 2.45) is 10.4 Å². The molecule has 0 unspecified atom stereocenters. The van der Waals surface area contributed by atoms with Gasteiger partial charge in [-0.1, -0.05) is 13.5 Å². The van der Waals surface area contributed by atoms with E-state index in [4.69, 9.17) is 0 Å². The molecule has 1 saturated carbocycles. The lowest BCUT2D eigenvalue weighted by Gasteiger charge is -2.19. The Kier molecular flexibility index (Phi) is 8.85. The number of pyridine rings is 1. The Balaban J connectivity index is 0.000000739. The molecule has 1 aliphatic carbocycles. The summed E-state index contributed by atoms with van der Waals surface area (Å²) in [4.78, 5) is 17.5. The minimum atomic E-state index is -4.21. The highest BCUT2D eigenvalue weighted by molar-refractivity contribution is 5.83. The second-order valence-electron chi connectivity index (χ2n) is 8.46. The lowest BCUT2D eigenvalue weighted by Crippen LogP contribution is -2.31. The fourth-order valence-electron chi connectivity index (χ4n) is 3.03. The van der Waals surface area contributed by atoms with Gasteiger partial charge in [0.1, 0.15) is 0 Å². The molecule has 1 N–H and O–H groups in total. The molecule has 0 amide bonds. The first-order valence-electron chi connectivity index (χ1n) is 10.9. The maximum Gasteiger partial charge on any atom is 0.396 e. The van der Waals surface area contributed by atoms with Crippen molar-refractivity contribution in [2.45, 2.75) is 66.5 Å². The quantitative estimate of drug-likeness (QED) is 0.338. The molecule has 0 aliphatic heterocycles. The third-order valence-corrected chi connectivity index (χ3v) is 5.36. The van der Waals surface area contributed by atoms with E-state index < -0.39 is 18.0 Å². The Morgan fingerprint density at radius 2 is 1.76 bits per heavy atom. The van der Waals surface area contributed by atoms with Gasteiger partial charge in [0.2, 0.25) is 12.4 Å². The number of anilines is 1. The van der Waals surface area contributed by atoms with Gasteiger partial charge in [0.25, 0.3) is 0 Å². The van der Waals surface area contributed by atoms with Crippen molar-refractivity contribution in [2.75, 3.05) is 11.9 Å². The zero-order chi connectivity index (χ0) is 25.7. The molecule has 0 aromatic carbocycles. The third-order valence-electron chi connectivity index (χ3n) is 5.36. The van der Waals surface area contributed by atoms with E-state index in [0.29, 0.717) is 22.5 Å². The monoisotopic (exact) mass is 483 g/mol. The predicted molar refractivity (Wildman–Crippen MR) is 125 cm³/mol. The summed E-state index contributed by atoms with van der Waals surface area (Å²) in [6.45, 7) is 12.8. The van der Waals surface area contributed by atoms with Crippen LogP contribution in [0.2, 0.25) is 0 Å². The minimum absolute atomic E-state index is 0.0278. The molecule has 2 heterocycles. The Labute approximate surface area is 196 Å². The SMILES string of the molecule is C=C(c1ccc(N=C(C)C)c(C)n1)c1cnc(NCC2(C(F)(F)F)CC2)nc1C.CCC(F)F. The largest absolute Gasteiger partial charge is 0.396 e. The smallest absolute Gasteiger partial charge is 0.353 e. The van der Waals surface area contributed by atoms with Crippen molar-refractivity contribution in [3.05, 3.63) is 47.6 Å². The second-order valence-corrected chi connectivity index (χ2v) is 8.46. The summed E-state index contributed by atoms with van der Waals surface area (Å²) in [7, 11) is 0. The van der Waals surface area contributed by atoms with E-state index in [1.165, 1.54) is 6.92 Å². The highest BCUT2D eigenvalue weighted by atomic mass is 19.4. The van der Waals surface area contributed by atoms with Crippen molar-refractivity contribution in [3.8, 4) is 0 Å². The first kappa shape index (κ1) is 27.3. The van der Waals surface area contributed by atoms with Crippen molar-refractivity contribution in [1.29, 1.82) is 0 Å². The summed E-state index contributed by atoms with van der Waals surface area (Å²) >= 11 is 0. The van der Waals surface area contributed by atoms with Crippen molar-refractivity contribution in [1.82, 2.24) is 15.0 Å². The van der Waals surface area contributed by atoms with Crippen LogP contribution in [0, 0.1) is 19.3 Å². The molecule has 2 aromatic rings. The maximum atomic E-state index is 13.1. The summed E-state index contributed by atoms with van der Waals surface area (Å²) in [6, 6.07) is 3.72. The van der Waals surface area contributed by atoms with Gasteiger partial charge in [0.05, 0.1) is 28.2 Å². The zero-order valence-corrected chi connectivity index (χ0v) is 20.0. The van der Waals surface area contributed by atoms with E-state index in [2.05, 4.69) is 31.8 Å². The summed E-state index contributed by atoms with van der Waals surface area (Å²) < 4.78 is 60.7. The Morgan fingerprint density at radius 3 is 2.21 bits per heavy atom.